The van der Waals surface area contributed by atoms with E-state index in [1.54, 1.807) is 0 Å². The molecule has 0 bridgehead atoms. The van der Waals surface area contributed by atoms with Crippen molar-refractivity contribution in [3.8, 4) is 0 Å². The molecule has 0 saturated carbocycles. The lowest BCUT2D eigenvalue weighted by Gasteiger charge is -1.93. The van der Waals surface area contributed by atoms with Gasteiger partial charge in [-0.2, -0.15) is 0 Å². The standard InChI is InChI=1S/C2H8N6O2/c3-1(7-9)5-6-2(4)8-10/h9-10H,(H3,3,5,7)(H3,4,6,8). The minimum atomic E-state index is -0.335. The van der Waals surface area contributed by atoms with Gasteiger partial charge in [-0.25, -0.2) is 11.0 Å². The molecular weight excluding hydrogens is 140 g/mol. The first-order chi connectivity index (χ1) is 4.70. The number of hydroxylamine groups is 2. The number of rotatable bonds is 1. The Bertz CT molecular complexity index is 134. The van der Waals surface area contributed by atoms with Crippen LogP contribution in [0.2, 0.25) is 0 Å². The Balaban J connectivity index is 3.91. The van der Waals surface area contributed by atoms with Crippen LogP contribution in [0.15, 0.2) is 10.2 Å². The molecule has 0 aliphatic carbocycles. The second-order valence-electron chi connectivity index (χ2n) is 1.19. The smallest absolute Gasteiger partial charge is 0.237 e. The van der Waals surface area contributed by atoms with Crippen LogP contribution in [0.1, 0.15) is 0 Å². The first kappa shape index (κ1) is 8.46. The SMILES string of the molecule is NC(=NN=C(N)NO)NO. The van der Waals surface area contributed by atoms with Crippen LogP contribution in [0.3, 0.4) is 0 Å². The van der Waals surface area contributed by atoms with Crippen LogP contribution in [-0.4, -0.2) is 22.3 Å². The summed E-state index contributed by atoms with van der Waals surface area (Å²) in [4.78, 5) is 0. The van der Waals surface area contributed by atoms with Gasteiger partial charge in [0.2, 0.25) is 11.9 Å². The second-order valence-corrected chi connectivity index (χ2v) is 1.19. The van der Waals surface area contributed by atoms with Crippen molar-refractivity contribution in [1.29, 1.82) is 0 Å². The molecule has 0 atom stereocenters. The summed E-state index contributed by atoms with van der Waals surface area (Å²) in [6.07, 6.45) is 0. The van der Waals surface area contributed by atoms with Crippen molar-refractivity contribution in [2.75, 3.05) is 0 Å². The van der Waals surface area contributed by atoms with E-state index in [9.17, 15) is 0 Å². The van der Waals surface area contributed by atoms with Gasteiger partial charge < -0.3 is 11.5 Å². The molecule has 0 aliphatic rings. The van der Waals surface area contributed by atoms with Gasteiger partial charge in [0.05, 0.1) is 0 Å². The maximum Gasteiger partial charge on any atom is 0.237 e. The first-order valence-electron chi connectivity index (χ1n) is 2.17. The summed E-state index contributed by atoms with van der Waals surface area (Å²) in [6, 6.07) is 0. The van der Waals surface area contributed by atoms with E-state index in [0.29, 0.717) is 0 Å². The summed E-state index contributed by atoms with van der Waals surface area (Å²) in [5, 5.41) is 22.2. The Morgan fingerprint density at radius 1 is 1.00 bits per heavy atom. The molecule has 0 heterocycles. The highest BCUT2D eigenvalue weighted by molar-refractivity contribution is 5.80. The molecule has 8 heteroatoms. The summed E-state index contributed by atoms with van der Waals surface area (Å²) in [7, 11) is 0. The zero-order valence-electron chi connectivity index (χ0n) is 4.94. The minimum Gasteiger partial charge on any atom is -0.367 e. The lowest BCUT2D eigenvalue weighted by atomic mass is 11.1. The third kappa shape index (κ3) is 3.46. The fraction of sp³-hybridized carbons (Fsp3) is 0. The number of nitrogens with zero attached hydrogens (tertiary/aromatic N) is 2. The zero-order valence-corrected chi connectivity index (χ0v) is 4.94. The van der Waals surface area contributed by atoms with Gasteiger partial charge >= 0.3 is 0 Å². The Kier molecular flexibility index (Phi) is 3.68. The van der Waals surface area contributed by atoms with Crippen molar-refractivity contribution < 1.29 is 10.4 Å². The number of hydrogen-bond acceptors (Lipinski definition) is 4. The zero-order chi connectivity index (χ0) is 7.98. The maximum atomic E-state index is 8.02. The van der Waals surface area contributed by atoms with Crippen molar-refractivity contribution in [2.24, 2.45) is 21.7 Å². The Hall–Kier alpha value is -1.54. The molecule has 0 fully saturated rings. The summed E-state index contributed by atoms with van der Waals surface area (Å²) in [5.74, 6) is -0.670. The van der Waals surface area contributed by atoms with E-state index < -0.39 is 0 Å². The molecule has 0 aromatic heterocycles. The monoisotopic (exact) mass is 148 g/mol. The molecule has 0 aliphatic heterocycles. The molecule has 0 radical (unpaired) electrons. The summed E-state index contributed by atoms with van der Waals surface area (Å²) >= 11 is 0. The number of nitrogens with two attached hydrogens (primary N) is 2. The van der Waals surface area contributed by atoms with Gasteiger partial charge in [0, 0.05) is 0 Å². The van der Waals surface area contributed by atoms with Gasteiger partial charge in [-0.15, -0.1) is 10.2 Å². The predicted octanol–water partition coefficient (Wildman–Crippen LogP) is -2.51. The summed E-state index contributed by atoms with van der Waals surface area (Å²) in [5.41, 5.74) is 12.8. The lowest BCUT2D eigenvalue weighted by Crippen LogP contribution is -2.30. The molecule has 0 aromatic rings. The van der Waals surface area contributed by atoms with Crippen LogP contribution in [0.4, 0.5) is 0 Å². The first-order valence-corrected chi connectivity index (χ1v) is 2.17. The van der Waals surface area contributed by atoms with E-state index in [2.05, 4.69) is 10.2 Å². The van der Waals surface area contributed by atoms with E-state index in [0.717, 1.165) is 0 Å². The highest BCUT2D eigenvalue weighted by Crippen LogP contribution is 1.67. The van der Waals surface area contributed by atoms with Crippen LogP contribution in [0.25, 0.3) is 0 Å². The van der Waals surface area contributed by atoms with Crippen molar-refractivity contribution in [2.45, 2.75) is 0 Å². The van der Waals surface area contributed by atoms with Crippen molar-refractivity contribution in [3.05, 3.63) is 0 Å². The lowest BCUT2D eigenvalue weighted by molar-refractivity contribution is 0.230. The summed E-state index contributed by atoms with van der Waals surface area (Å²) < 4.78 is 0. The molecule has 8 nitrogen and oxygen atoms in total. The number of guanidine groups is 2. The van der Waals surface area contributed by atoms with Gasteiger partial charge in [0.1, 0.15) is 0 Å². The predicted molar refractivity (Wildman–Crippen MR) is 33.1 cm³/mol. The fourth-order valence-corrected chi connectivity index (χ4v) is 0.152. The van der Waals surface area contributed by atoms with Gasteiger partial charge in [-0.05, 0) is 0 Å². The molecule has 58 valence electrons. The van der Waals surface area contributed by atoms with Crippen LogP contribution in [0.5, 0.6) is 0 Å². The van der Waals surface area contributed by atoms with Gasteiger partial charge in [0.25, 0.3) is 0 Å². The van der Waals surface area contributed by atoms with Crippen LogP contribution in [0, 0.1) is 0 Å². The van der Waals surface area contributed by atoms with E-state index in [4.69, 9.17) is 21.9 Å². The molecule has 0 spiro atoms. The largest absolute Gasteiger partial charge is 0.367 e. The maximum absolute atomic E-state index is 8.02. The van der Waals surface area contributed by atoms with Gasteiger partial charge in [0.15, 0.2) is 0 Å². The fourth-order valence-electron chi connectivity index (χ4n) is 0.152. The molecule has 0 unspecified atom stereocenters. The average Bonchev–Trinajstić information content (AvgIpc) is 1.99. The molecule has 8 N–H and O–H groups in total. The topological polar surface area (TPSA) is 141 Å². The summed E-state index contributed by atoms with van der Waals surface area (Å²) in [6.45, 7) is 0. The van der Waals surface area contributed by atoms with E-state index in [-0.39, 0.29) is 11.9 Å². The quantitative estimate of drug-likeness (QED) is 0.138. The van der Waals surface area contributed by atoms with Crippen LogP contribution >= 0.6 is 0 Å². The average molecular weight is 148 g/mol. The Morgan fingerprint density at radius 2 is 1.30 bits per heavy atom. The van der Waals surface area contributed by atoms with Crippen molar-refractivity contribution in [1.82, 2.24) is 11.0 Å². The van der Waals surface area contributed by atoms with Crippen LogP contribution in [-0.2, 0) is 0 Å². The Morgan fingerprint density at radius 3 is 1.50 bits per heavy atom. The normalized spacial score (nSPS) is 13.0. The highest BCUT2D eigenvalue weighted by atomic mass is 16.5. The van der Waals surface area contributed by atoms with Gasteiger partial charge in [-0.1, -0.05) is 0 Å². The minimum absolute atomic E-state index is 0.335. The van der Waals surface area contributed by atoms with Gasteiger partial charge in [-0.3, -0.25) is 10.4 Å². The molecule has 0 amide bonds. The molecule has 0 saturated heterocycles. The molecule has 0 rings (SSSR count). The second kappa shape index (κ2) is 4.35. The highest BCUT2D eigenvalue weighted by Gasteiger charge is 1.85. The van der Waals surface area contributed by atoms with E-state index in [1.807, 2.05) is 0 Å². The van der Waals surface area contributed by atoms with Crippen molar-refractivity contribution >= 4 is 11.9 Å². The third-order valence-electron chi connectivity index (χ3n) is 0.495. The molecule has 10 heavy (non-hydrogen) atoms. The van der Waals surface area contributed by atoms with Crippen LogP contribution < -0.4 is 22.4 Å². The van der Waals surface area contributed by atoms with Crippen molar-refractivity contribution in [3.63, 3.8) is 0 Å². The van der Waals surface area contributed by atoms with E-state index in [1.165, 1.54) is 11.0 Å². The molecule has 0 aromatic carbocycles. The third-order valence-corrected chi connectivity index (χ3v) is 0.495. The van der Waals surface area contributed by atoms with E-state index >= 15 is 0 Å². The Labute approximate surface area is 56.1 Å². The molecular formula is C2H8N6O2. The number of hydrogen-bond donors (Lipinski definition) is 6. The number of nitrogens with one attached hydrogen (secondary N) is 2.